The summed E-state index contributed by atoms with van der Waals surface area (Å²) in [5, 5.41) is 4.68. The first-order chi connectivity index (χ1) is 12.6. The Morgan fingerprint density at radius 3 is 2.62 bits per heavy atom. The molecule has 7 nitrogen and oxygen atoms in total. The second kappa shape index (κ2) is 6.27. The van der Waals surface area contributed by atoms with Crippen LogP contribution >= 0.6 is 11.6 Å². The first-order valence-corrected chi connectivity index (χ1v) is 8.20. The van der Waals surface area contributed by atoms with Crippen LogP contribution in [0.5, 0.6) is 5.75 Å². The van der Waals surface area contributed by atoms with Crippen LogP contribution in [0.3, 0.4) is 0 Å². The van der Waals surface area contributed by atoms with E-state index in [0.717, 1.165) is 21.5 Å². The predicted molar refractivity (Wildman–Crippen MR) is 98.1 cm³/mol. The molecule has 0 saturated heterocycles. The standard InChI is InChI=1S/C18H14ClN5O2/c1-11-14(13-5-3-6-15(26-2)16(13)19)9-12-10-22-24(18(25)23(11)12)17-20-7-4-8-21-17/h3-10H,1-2H3. The number of ether oxygens (including phenoxy) is 1. The van der Waals surface area contributed by atoms with Crippen molar-refractivity contribution in [2.75, 3.05) is 7.11 Å². The van der Waals surface area contributed by atoms with E-state index < -0.39 is 0 Å². The Morgan fingerprint density at radius 2 is 1.88 bits per heavy atom. The zero-order valence-corrected chi connectivity index (χ0v) is 14.8. The van der Waals surface area contributed by atoms with Gasteiger partial charge in [-0.05, 0) is 25.1 Å². The van der Waals surface area contributed by atoms with Crippen molar-refractivity contribution in [2.24, 2.45) is 0 Å². The average Bonchev–Trinajstić information content (AvgIpc) is 3.00. The highest BCUT2D eigenvalue weighted by Gasteiger charge is 2.17. The SMILES string of the molecule is COc1cccc(-c2cc3cnn(-c4ncccn4)c(=O)n3c2C)c1Cl. The minimum absolute atomic E-state index is 0.216. The van der Waals surface area contributed by atoms with E-state index in [1.807, 2.05) is 25.1 Å². The molecular formula is C18H14ClN5O2. The quantitative estimate of drug-likeness (QED) is 0.556. The molecule has 0 unspecified atom stereocenters. The van der Waals surface area contributed by atoms with Crippen LogP contribution < -0.4 is 10.4 Å². The molecule has 1 aromatic carbocycles. The summed E-state index contributed by atoms with van der Waals surface area (Å²) in [5.74, 6) is 0.792. The summed E-state index contributed by atoms with van der Waals surface area (Å²) in [7, 11) is 1.57. The maximum atomic E-state index is 12.9. The Balaban J connectivity index is 1.97. The third kappa shape index (κ3) is 2.44. The minimum Gasteiger partial charge on any atom is -0.495 e. The molecule has 0 atom stereocenters. The number of rotatable bonds is 3. The summed E-state index contributed by atoms with van der Waals surface area (Å²) in [4.78, 5) is 21.1. The number of hydrogen-bond acceptors (Lipinski definition) is 5. The molecule has 0 amide bonds. The third-order valence-electron chi connectivity index (χ3n) is 4.17. The van der Waals surface area contributed by atoms with Gasteiger partial charge in [-0.1, -0.05) is 23.7 Å². The maximum absolute atomic E-state index is 12.9. The van der Waals surface area contributed by atoms with Gasteiger partial charge in [0.15, 0.2) is 0 Å². The van der Waals surface area contributed by atoms with Crippen LogP contribution in [0.2, 0.25) is 5.02 Å². The van der Waals surface area contributed by atoms with Crippen molar-refractivity contribution in [2.45, 2.75) is 6.92 Å². The van der Waals surface area contributed by atoms with Crippen LogP contribution in [0, 0.1) is 6.92 Å². The summed E-state index contributed by atoms with van der Waals surface area (Å²) < 4.78 is 8.02. The van der Waals surface area contributed by atoms with Gasteiger partial charge >= 0.3 is 5.69 Å². The fourth-order valence-corrected chi connectivity index (χ4v) is 3.23. The third-order valence-corrected chi connectivity index (χ3v) is 4.56. The number of benzene rings is 1. The Hall–Kier alpha value is -3.19. The zero-order chi connectivity index (χ0) is 18.3. The lowest BCUT2D eigenvalue weighted by molar-refractivity contribution is 0.415. The van der Waals surface area contributed by atoms with Crippen molar-refractivity contribution >= 4 is 17.1 Å². The van der Waals surface area contributed by atoms with E-state index in [1.54, 1.807) is 42.2 Å². The van der Waals surface area contributed by atoms with Gasteiger partial charge < -0.3 is 4.74 Å². The van der Waals surface area contributed by atoms with Gasteiger partial charge in [-0.15, -0.1) is 4.68 Å². The maximum Gasteiger partial charge on any atom is 0.356 e. The molecule has 26 heavy (non-hydrogen) atoms. The van der Waals surface area contributed by atoms with Gasteiger partial charge in [0.05, 0.1) is 23.8 Å². The van der Waals surface area contributed by atoms with Crippen LogP contribution in [-0.4, -0.2) is 31.3 Å². The van der Waals surface area contributed by atoms with Crippen LogP contribution in [-0.2, 0) is 0 Å². The lowest BCUT2D eigenvalue weighted by atomic mass is 10.1. The van der Waals surface area contributed by atoms with Crippen molar-refractivity contribution < 1.29 is 4.74 Å². The highest BCUT2D eigenvalue weighted by Crippen LogP contribution is 2.37. The second-order valence-corrected chi connectivity index (χ2v) is 5.99. The Labute approximate surface area is 153 Å². The normalized spacial score (nSPS) is 11.0. The summed E-state index contributed by atoms with van der Waals surface area (Å²) >= 11 is 6.46. The van der Waals surface area contributed by atoms with Crippen LogP contribution in [0.15, 0.2) is 53.7 Å². The van der Waals surface area contributed by atoms with Crippen molar-refractivity contribution in [3.05, 3.63) is 70.1 Å². The molecule has 0 spiro atoms. The molecule has 0 aliphatic rings. The van der Waals surface area contributed by atoms with Crippen molar-refractivity contribution in [3.8, 4) is 22.8 Å². The van der Waals surface area contributed by atoms with Crippen molar-refractivity contribution in [1.29, 1.82) is 0 Å². The number of nitrogens with zero attached hydrogens (tertiary/aromatic N) is 5. The lowest BCUT2D eigenvalue weighted by Gasteiger charge is -2.08. The molecule has 0 N–H and O–H groups in total. The Bertz CT molecular complexity index is 1170. The zero-order valence-electron chi connectivity index (χ0n) is 14.0. The first kappa shape index (κ1) is 16.3. The van der Waals surface area contributed by atoms with Gasteiger partial charge in [-0.25, -0.2) is 14.8 Å². The lowest BCUT2D eigenvalue weighted by Crippen LogP contribution is -2.29. The number of hydrogen-bond donors (Lipinski definition) is 0. The molecule has 0 fully saturated rings. The highest BCUT2D eigenvalue weighted by molar-refractivity contribution is 6.34. The molecule has 8 heteroatoms. The summed E-state index contributed by atoms with van der Waals surface area (Å²) in [5.41, 5.74) is 2.67. The van der Waals surface area contributed by atoms with Crippen molar-refractivity contribution in [3.63, 3.8) is 0 Å². The molecule has 0 saturated carbocycles. The van der Waals surface area contributed by atoms with Gasteiger partial charge in [0.2, 0.25) is 0 Å². The highest BCUT2D eigenvalue weighted by atomic mass is 35.5. The topological polar surface area (TPSA) is 74.3 Å². The average molecular weight is 368 g/mol. The Kier molecular flexibility index (Phi) is 3.93. The van der Waals surface area contributed by atoms with E-state index in [1.165, 1.54) is 0 Å². The molecule has 3 aromatic heterocycles. The second-order valence-electron chi connectivity index (χ2n) is 5.61. The number of aryl methyl sites for hydroxylation is 1. The molecule has 4 rings (SSSR count). The smallest absolute Gasteiger partial charge is 0.356 e. The van der Waals surface area contributed by atoms with Gasteiger partial charge in [0.25, 0.3) is 5.95 Å². The molecule has 0 radical (unpaired) electrons. The number of aromatic nitrogens is 5. The molecule has 0 aliphatic carbocycles. The molecule has 4 aromatic rings. The van der Waals surface area contributed by atoms with Crippen LogP contribution in [0.1, 0.15) is 5.69 Å². The predicted octanol–water partition coefficient (Wildman–Crippen LogP) is 2.91. The summed E-state index contributed by atoms with van der Waals surface area (Å²) in [6, 6.07) is 9.09. The van der Waals surface area contributed by atoms with Gasteiger partial charge in [-0.3, -0.25) is 4.40 Å². The van der Waals surface area contributed by atoms with Gasteiger partial charge in [-0.2, -0.15) is 5.10 Å². The van der Waals surface area contributed by atoms with Crippen LogP contribution in [0.25, 0.3) is 22.6 Å². The largest absolute Gasteiger partial charge is 0.495 e. The monoisotopic (exact) mass is 367 g/mol. The molecule has 130 valence electrons. The number of fused-ring (bicyclic) bond motifs is 1. The fraction of sp³-hybridized carbons (Fsp3) is 0.111. The fourth-order valence-electron chi connectivity index (χ4n) is 2.93. The van der Waals surface area contributed by atoms with Crippen molar-refractivity contribution in [1.82, 2.24) is 24.1 Å². The summed E-state index contributed by atoms with van der Waals surface area (Å²) in [6.07, 6.45) is 4.72. The summed E-state index contributed by atoms with van der Waals surface area (Å²) in [6.45, 7) is 1.86. The molecule has 3 heterocycles. The van der Waals surface area contributed by atoms with E-state index in [-0.39, 0.29) is 11.6 Å². The number of methoxy groups -OCH3 is 1. The molecule has 0 bridgehead atoms. The van der Waals surface area contributed by atoms with Crippen LogP contribution in [0.4, 0.5) is 0 Å². The molecular weight excluding hydrogens is 354 g/mol. The van der Waals surface area contributed by atoms with E-state index in [0.29, 0.717) is 16.3 Å². The van der Waals surface area contributed by atoms with E-state index in [4.69, 9.17) is 16.3 Å². The van der Waals surface area contributed by atoms with Gasteiger partial charge in [0, 0.05) is 29.2 Å². The van der Waals surface area contributed by atoms with Gasteiger partial charge in [0.1, 0.15) is 5.75 Å². The first-order valence-electron chi connectivity index (χ1n) is 7.82. The minimum atomic E-state index is -0.350. The Morgan fingerprint density at radius 1 is 1.12 bits per heavy atom. The number of halogens is 1. The molecule has 0 aliphatic heterocycles. The van der Waals surface area contributed by atoms with E-state index >= 15 is 0 Å². The van der Waals surface area contributed by atoms with E-state index in [9.17, 15) is 4.79 Å². The van der Waals surface area contributed by atoms with E-state index in [2.05, 4.69) is 15.1 Å².